The maximum Gasteiger partial charge on any atom is 0.266 e. The molecule has 5 nitrogen and oxygen atoms in total. The van der Waals surface area contributed by atoms with Gasteiger partial charge >= 0.3 is 0 Å². The first kappa shape index (κ1) is 21.1. The number of carbonyl (C=O) groups is 1. The molecule has 0 fully saturated rings. The zero-order valence-electron chi connectivity index (χ0n) is 17.6. The third-order valence-corrected chi connectivity index (χ3v) is 6.31. The van der Waals surface area contributed by atoms with Crippen molar-refractivity contribution in [1.29, 1.82) is 0 Å². The number of para-hydroxylation sites is 1. The molecule has 1 atom stereocenters. The van der Waals surface area contributed by atoms with Gasteiger partial charge in [-0.1, -0.05) is 36.0 Å². The lowest BCUT2D eigenvalue weighted by molar-refractivity contribution is -0.129. The first-order valence-corrected chi connectivity index (χ1v) is 10.8. The molecule has 152 valence electrons. The lowest BCUT2D eigenvalue weighted by Gasteiger charge is -2.23. The van der Waals surface area contributed by atoms with E-state index in [1.807, 2.05) is 71.0 Å². The quantitative estimate of drug-likeness (QED) is 0.449. The first-order valence-electron chi connectivity index (χ1n) is 9.92. The van der Waals surface area contributed by atoms with Crippen molar-refractivity contribution >= 4 is 28.6 Å². The minimum Gasteiger partial charge on any atom is -0.342 e. The lowest BCUT2D eigenvalue weighted by Crippen LogP contribution is -2.36. The van der Waals surface area contributed by atoms with E-state index in [1.54, 1.807) is 15.5 Å². The smallest absolute Gasteiger partial charge is 0.266 e. The first-order chi connectivity index (χ1) is 13.9. The molecule has 1 unspecified atom stereocenters. The number of carbonyl (C=O) groups excluding carboxylic acids is 1. The summed E-state index contributed by atoms with van der Waals surface area (Å²) in [4.78, 5) is 32.8. The van der Waals surface area contributed by atoms with E-state index in [-0.39, 0.29) is 16.7 Å². The lowest BCUT2D eigenvalue weighted by atomic mass is 10.1. The van der Waals surface area contributed by atoms with Gasteiger partial charge in [-0.15, -0.1) is 0 Å². The summed E-state index contributed by atoms with van der Waals surface area (Å²) >= 11 is 1.34. The van der Waals surface area contributed by atoms with Crippen molar-refractivity contribution in [2.24, 2.45) is 0 Å². The van der Waals surface area contributed by atoms with Crippen LogP contribution in [0.4, 0.5) is 0 Å². The molecule has 1 aromatic heterocycles. The molecule has 0 N–H and O–H groups in total. The molecule has 0 aliphatic rings. The Hall–Kier alpha value is -2.60. The van der Waals surface area contributed by atoms with E-state index < -0.39 is 0 Å². The summed E-state index contributed by atoms with van der Waals surface area (Å²) in [6.45, 7) is 11.2. The van der Waals surface area contributed by atoms with Gasteiger partial charge in [-0.25, -0.2) is 4.98 Å². The number of fused-ring (bicyclic) bond motifs is 1. The molecule has 0 saturated carbocycles. The molecule has 1 heterocycles. The fourth-order valence-corrected chi connectivity index (χ4v) is 4.39. The number of nitrogens with zero attached hydrogens (tertiary/aromatic N) is 3. The van der Waals surface area contributed by atoms with E-state index in [0.717, 1.165) is 16.8 Å². The fraction of sp³-hybridized carbons (Fsp3) is 0.348. The van der Waals surface area contributed by atoms with Crippen molar-refractivity contribution in [3.8, 4) is 5.69 Å². The second-order valence-electron chi connectivity index (χ2n) is 7.04. The van der Waals surface area contributed by atoms with Gasteiger partial charge in [-0.05, 0) is 63.9 Å². The molecule has 0 radical (unpaired) electrons. The Bertz CT molecular complexity index is 1100. The molecule has 0 bridgehead atoms. The van der Waals surface area contributed by atoms with Gasteiger partial charge in [0.15, 0.2) is 5.16 Å². The average Bonchev–Trinajstić information content (AvgIpc) is 2.71. The number of thioether (sulfide) groups is 1. The van der Waals surface area contributed by atoms with Crippen LogP contribution >= 0.6 is 11.8 Å². The zero-order chi connectivity index (χ0) is 21.1. The van der Waals surface area contributed by atoms with Gasteiger partial charge in [-0.3, -0.25) is 14.2 Å². The molecular weight excluding hydrogens is 382 g/mol. The summed E-state index contributed by atoms with van der Waals surface area (Å²) < 4.78 is 1.65. The number of hydrogen-bond acceptors (Lipinski definition) is 4. The molecule has 29 heavy (non-hydrogen) atoms. The van der Waals surface area contributed by atoms with Crippen molar-refractivity contribution in [3.05, 3.63) is 63.9 Å². The Morgan fingerprint density at radius 2 is 1.79 bits per heavy atom. The monoisotopic (exact) mass is 409 g/mol. The summed E-state index contributed by atoms with van der Waals surface area (Å²) in [5, 5.41) is 0.759. The summed E-state index contributed by atoms with van der Waals surface area (Å²) in [6, 6.07) is 13.3. The highest BCUT2D eigenvalue weighted by atomic mass is 32.2. The van der Waals surface area contributed by atoms with Crippen LogP contribution in [0.25, 0.3) is 16.6 Å². The number of rotatable bonds is 6. The Balaban J connectivity index is 2.19. The predicted molar refractivity (Wildman–Crippen MR) is 120 cm³/mol. The molecule has 1 amide bonds. The van der Waals surface area contributed by atoms with Crippen LogP contribution in [-0.2, 0) is 4.79 Å². The molecule has 0 aliphatic carbocycles. The number of aromatic nitrogens is 2. The van der Waals surface area contributed by atoms with Crippen LogP contribution < -0.4 is 5.56 Å². The highest BCUT2D eigenvalue weighted by Crippen LogP contribution is 2.28. The van der Waals surface area contributed by atoms with Crippen molar-refractivity contribution in [2.45, 2.75) is 45.0 Å². The standard InChI is InChI=1S/C23H27N3O2S/c1-6-25(7-2)21(27)17(5)29-23-24-19-13-9-8-12-18(19)22(28)26(23)20-14-10-11-15(3)16(20)4/h8-14,17H,6-7H2,1-5H3. The van der Waals surface area contributed by atoms with Crippen molar-refractivity contribution in [3.63, 3.8) is 0 Å². The maximum absolute atomic E-state index is 13.4. The summed E-state index contributed by atoms with van der Waals surface area (Å²) in [5.74, 6) is 0.0509. The summed E-state index contributed by atoms with van der Waals surface area (Å²) in [6.07, 6.45) is 0. The molecule has 3 rings (SSSR count). The van der Waals surface area contributed by atoms with E-state index in [1.165, 1.54) is 11.8 Å². The molecule has 6 heteroatoms. The molecule has 2 aromatic carbocycles. The van der Waals surface area contributed by atoms with Gasteiger partial charge in [0.1, 0.15) is 0 Å². The average molecular weight is 410 g/mol. The van der Waals surface area contributed by atoms with E-state index in [9.17, 15) is 9.59 Å². The number of benzene rings is 2. The molecule has 0 aliphatic heterocycles. The second-order valence-corrected chi connectivity index (χ2v) is 8.35. The van der Waals surface area contributed by atoms with Gasteiger partial charge in [0.25, 0.3) is 5.56 Å². The third kappa shape index (κ3) is 4.08. The van der Waals surface area contributed by atoms with Gasteiger partial charge in [0.2, 0.25) is 5.91 Å². The third-order valence-electron chi connectivity index (χ3n) is 5.27. The molecule has 0 saturated heterocycles. The number of amides is 1. The van der Waals surface area contributed by atoms with Crippen molar-refractivity contribution in [1.82, 2.24) is 14.5 Å². The highest BCUT2D eigenvalue weighted by molar-refractivity contribution is 8.00. The van der Waals surface area contributed by atoms with E-state index in [0.29, 0.717) is 29.1 Å². The van der Waals surface area contributed by atoms with Crippen LogP contribution in [0.2, 0.25) is 0 Å². The Morgan fingerprint density at radius 3 is 2.48 bits per heavy atom. The summed E-state index contributed by atoms with van der Waals surface area (Å²) in [7, 11) is 0. The van der Waals surface area contributed by atoms with E-state index >= 15 is 0 Å². The van der Waals surface area contributed by atoms with Gasteiger partial charge < -0.3 is 4.90 Å². The van der Waals surface area contributed by atoms with Crippen LogP contribution in [0.1, 0.15) is 31.9 Å². The Kier molecular flexibility index (Phi) is 6.42. The minimum absolute atomic E-state index is 0.0509. The Morgan fingerprint density at radius 1 is 1.10 bits per heavy atom. The number of aryl methyl sites for hydroxylation is 1. The zero-order valence-corrected chi connectivity index (χ0v) is 18.4. The van der Waals surface area contributed by atoms with Crippen LogP contribution in [0.5, 0.6) is 0 Å². The van der Waals surface area contributed by atoms with E-state index in [4.69, 9.17) is 4.98 Å². The van der Waals surface area contributed by atoms with Crippen LogP contribution in [0.15, 0.2) is 52.4 Å². The largest absolute Gasteiger partial charge is 0.342 e. The second kappa shape index (κ2) is 8.82. The van der Waals surface area contributed by atoms with Crippen LogP contribution in [0, 0.1) is 13.8 Å². The van der Waals surface area contributed by atoms with Gasteiger partial charge in [0.05, 0.1) is 21.8 Å². The SMILES string of the molecule is CCN(CC)C(=O)C(C)Sc1nc2ccccc2c(=O)n1-c1cccc(C)c1C. The van der Waals surface area contributed by atoms with Crippen molar-refractivity contribution < 1.29 is 4.79 Å². The van der Waals surface area contributed by atoms with E-state index in [2.05, 4.69) is 0 Å². The maximum atomic E-state index is 13.4. The van der Waals surface area contributed by atoms with Gasteiger partial charge in [-0.2, -0.15) is 0 Å². The van der Waals surface area contributed by atoms with Crippen LogP contribution in [-0.4, -0.2) is 38.7 Å². The van der Waals surface area contributed by atoms with Gasteiger partial charge in [0, 0.05) is 13.1 Å². The molecule has 0 spiro atoms. The topological polar surface area (TPSA) is 55.2 Å². The normalized spacial score (nSPS) is 12.2. The molecule has 3 aromatic rings. The predicted octanol–water partition coefficient (Wildman–Crippen LogP) is 4.35. The fourth-order valence-electron chi connectivity index (χ4n) is 3.38. The summed E-state index contributed by atoms with van der Waals surface area (Å²) in [5.41, 5.74) is 3.46. The molecular formula is C23H27N3O2S. The van der Waals surface area contributed by atoms with Crippen LogP contribution in [0.3, 0.4) is 0 Å². The minimum atomic E-state index is -0.348. The number of hydrogen-bond donors (Lipinski definition) is 0. The highest BCUT2D eigenvalue weighted by Gasteiger charge is 2.23. The Labute approximate surface area is 175 Å². The van der Waals surface area contributed by atoms with Crippen molar-refractivity contribution in [2.75, 3.05) is 13.1 Å².